The van der Waals surface area contributed by atoms with E-state index in [1.165, 1.54) is 25.0 Å². The lowest BCUT2D eigenvalue weighted by molar-refractivity contribution is 0.627. The summed E-state index contributed by atoms with van der Waals surface area (Å²) >= 11 is 0. The highest BCUT2D eigenvalue weighted by molar-refractivity contribution is 5.20. The fraction of sp³-hybridized carbons (Fsp3) is 0.333. The van der Waals surface area contributed by atoms with Gasteiger partial charge < -0.3 is 5.32 Å². The lowest BCUT2D eigenvalue weighted by Crippen LogP contribution is -2.16. The first-order valence-corrected chi connectivity index (χ1v) is 6.58. The molecule has 1 N–H and O–H groups in total. The summed E-state index contributed by atoms with van der Waals surface area (Å²) in [5.74, 6) is 0.564. The summed E-state index contributed by atoms with van der Waals surface area (Å²) in [5, 5.41) is 3.43. The van der Waals surface area contributed by atoms with Crippen molar-refractivity contribution in [2.45, 2.75) is 31.8 Å². The van der Waals surface area contributed by atoms with Crippen molar-refractivity contribution in [3.63, 3.8) is 0 Å². The summed E-state index contributed by atoms with van der Waals surface area (Å²) in [7, 11) is 0. The molecule has 1 saturated carbocycles. The van der Waals surface area contributed by atoms with Gasteiger partial charge in [0, 0.05) is 25.2 Å². The molecular weight excluding hydrogens is 241 g/mol. The topological polar surface area (TPSA) is 37.8 Å². The van der Waals surface area contributed by atoms with Gasteiger partial charge in [0.2, 0.25) is 0 Å². The molecule has 19 heavy (non-hydrogen) atoms. The molecule has 98 valence electrons. The Labute approximate surface area is 111 Å². The third-order valence-corrected chi connectivity index (χ3v) is 3.19. The summed E-state index contributed by atoms with van der Waals surface area (Å²) < 4.78 is 12.8. The van der Waals surface area contributed by atoms with Gasteiger partial charge in [0.1, 0.15) is 11.6 Å². The maximum Gasteiger partial charge on any atom is 0.132 e. The Morgan fingerprint density at radius 3 is 2.68 bits per heavy atom. The van der Waals surface area contributed by atoms with E-state index in [0.29, 0.717) is 12.5 Å². The number of nitrogens with zero attached hydrogens (tertiary/aromatic N) is 2. The first-order chi connectivity index (χ1) is 9.29. The zero-order chi connectivity index (χ0) is 13.1. The minimum Gasteiger partial charge on any atom is -0.308 e. The van der Waals surface area contributed by atoms with E-state index >= 15 is 0 Å². The van der Waals surface area contributed by atoms with E-state index in [-0.39, 0.29) is 5.82 Å². The van der Waals surface area contributed by atoms with Crippen LogP contribution in [0.1, 0.15) is 29.9 Å². The van der Waals surface area contributed by atoms with Crippen LogP contribution in [-0.2, 0) is 13.0 Å². The second-order valence-corrected chi connectivity index (χ2v) is 4.92. The van der Waals surface area contributed by atoms with Crippen molar-refractivity contribution in [1.82, 2.24) is 15.3 Å². The van der Waals surface area contributed by atoms with Gasteiger partial charge in [0.15, 0.2) is 0 Å². The van der Waals surface area contributed by atoms with Gasteiger partial charge in [0.05, 0.1) is 5.69 Å². The number of halogens is 1. The summed E-state index contributed by atoms with van der Waals surface area (Å²) in [6.07, 6.45) is 4.97. The smallest absolute Gasteiger partial charge is 0.132 e. The minimum absolute atomic E-state index is 0.216. The molecule has 1 aromatic carbocycles. The Kier molecular flexibility index (Phi) is 3.51. The summed E-state index contributed by atoms with van der Waals surface area (Å²) in [4.78, 5) is 8.79. The molecule has 3 rings (SSSR count). The number of nitrogens with one attached hydrogen (secondary N) is 1. The molecule has 1 aliphatic carbocycles. The van der Waals surface area contributed by atoms with Crippen molar-refractivity contribution < 1.29 is 4.39 Å². The van der Waals surface area contributed by atoms with Crippen LogP contribution in [0.3, 0.4) is 0 Å². The van der Waals surface area contributed by atoms with Crippen LogP contribution >= 0.6 is 0 Å². The first kappa shape index (κ1) is 12.2. The molecule has 0 saturated heterocycles. The molecule has 0 radical (unpaired) electrons. The van der Waals surface area contributed by atoms with Crippen LogP contribution in [0.2, 0.25) is 0 Å². The number of hydrogen-bond donors (Lipinski definition) is 1. The Morgan fingerprint density at radius 2 is 1.95 bits per heavy atom. The Hall–Kier alpha value is -1.81. The highest BCUT2D eigenvalue weighted by Gasteiger charge is 2.20. The van der Waals surface area contributed by atoms with Crippen molar-refractivity contribution in [1.29, 1.82) is 0 Å². The lowest BCUT2D eigenvalue weighted by Gasteiger charge is -2.05. The van der Waals surface area contributed by atoms with E-state index in [0.717, 1.165) is 23.6 Å². The quantitative estimate of drug-likeness (QED) is 0.894. The number of hydrogen-bond acceptors (Lipinski definition) is 3. The van der Waals surface area contributed by atoms with Gasteiger partial charge in [0.25, 0.3) is 0 Å². The van der Waals surface area contributed by atoms with E-state index in [2.05, 4.69) is 15.3 Å². The number of aromatic nitrogens is 2. The van der Waals surface area contributed by atoms with E-state index in [4.69, 9.17) is 0 Å². The van der Waals surface area contributed by atoms with E-state index in [1.54, 1.807) is 18.3 Å². The second kappa shape index (κ2) is 5.45. The van der Waals surface area contributed by atoms with Crippen molar-refractivity contribution in [3.8, 4) is 0 Å². The Bertz CT molecular complexity index is 550. The van der Waals surface area contributed by atoms with Gasteiger partial charge in [-0.1, -0.05) is 12.1 Å². The number of rotatable bonds is 5. The molecule has 0 bridgehead atoms. The third-order valence-electron chi connectivity index (χ3n) is 3.19. The van der Waals surface area contributed by atoms with Crippen LogP contribution in [0.25, 0.3) is 0 Å². The highest BCUT2D eigenvalue weighted by Crippen LogP contribution is 2.19. The molecule has 1 aromatic heterocycles. The molecule has 4 heteroatoms. The molecule has 1 aliphatic rings. The molecule has 0 spiro atoms. The van der Waals surface area contributed by atoms with Crippen molar-refractivity contribution in [2.24, 2.45) is 0 Å². The largest absolute Gasteiger partial charge is 0.308 e. The summed E-state index contributed by atoms with van der Waals surface area (Å²) in [6, 6.07) is 9.09. The van der Waals surface area contributed by atoms with Crippen molar-refractivity contribution in [2.75, 3.05) is 0 Å². The van der Waals surface area contributed by atoms with Gasteiger partial charge in [-0.25, -0.2) is 14.4 Å². The molecule has 0 aliphatic heterocycles. The van der Waals surface area contributed by atoms with Crippen molar-refractivity contribution in [3.05, 3.63) is 59.4 Å². The van der Waals surface area contributed by atoms with Gasteiger partial charge in [-0.05, 0) is 36.6 Å². The molecular formula is C15H16FN3. The Balaban J connectivity index is 1.66. The predicted octanol–water partition coefficient (Wildman–Crippen LogP) is 2.46. The summed E-state index contributed by atoms with van der Waals surface area (Å²) in [5.41, 5.74) is 2.03. The Morgan fingerprint density at radius 1 is 1.16 bits per heavy atom. The maximum absolute atomic E-state index is 12.8. The minimum atomic E-state index is -0.216. The zero-order valence-corrected chi connectivity index (χ0v) is 10.6. The average Bonchev–Trinajstić information content (AvgIpc) is 3.24. The predicted molar refractivity (Wildman–Crippen MR) is 71.1 cm³/mol. The third kappa shape index (κ3) is 3.58. The van der Waals surface area contributed by atoms with Gasteiger partial charge >= 0.3 is 0 Å². The highest BCUT2D eigenvalue weighted by atomic mass is 19.1. The molecule has 0 amide bonds. The summed E-state index contributed by atoms with van der Waals surface area (Å²) in [6.45, 7) is 0.795. The molecule has 1 heterocycles. The van der Waals surface area contributed by atoms with Gasteiger partial charge in [-0.2, -0.15) is 0 Å². The molecule has 0 atom stereocenters. The van der Waals surface area contributed by atoms with Crippen LogP contribution in [0.15, 0.2) is 36.5 Å². The SMILES string of the molecule is Fc1ccc(Cc2nccc(CNC3CC3)n2)cc1. The first-order valence-electron chi connectivity index (χ1n) is 6.58. The maximum atomic E-state index is 12.8. The van der Waals surface area contributed by atoms with Crippen LogP contribution in [0.4, 0.5) is 4.39 Å². The van der Waals surface area contributed by atoms with Crippen LogP contribution in [0.5, 0.6) is 0 Å². The van der Waals surface area contributed by atoms with E-state index < -0.39 is 0 Å². The monoisotopic (exact) mass is 257 g/mol. The van der Waals surface area contributed by atoms with Crippen LogP contribution in [-0.4, -0.2) is 16.0 Å². The zero-order valence-electron chi connectivity index (χ0n) is 10.6. The van der Waals surface area contributed by atoms with E-state index in [9.17, 15) is 4.39 Å². The molecule has 0 unspecified atom stereocenters. The lowest BCUT2D eigenvalue weighted by atomic mass is 10.1. The van der Waals surface area contributed by atoms with Crippen LogP contribution < -0.4 is 5.32 Å². The fourth-order valence-corrected chi connectivity index (χ4v) is 1.95. The van der Waals surface area contributed by atoms with Gasteiger partial charge in [-0.15, -0.1) is 0 Å². The van der Waals surface area contributed by atoms with Crippen LogP contribution in [0, 0.1) is 5.82 Å². The number of benzene rings is 1. The molecule has 3 nitrogen and oxygen atoms in total. The normalized spacial score (nSPS) is 14.6. The average molecular weight is 257 g/mol. The van der Waals surface area contributed by atoms with E-state index in [1.807, 2.05) is 6.07 Å². The fourth-order valence-electron chi connectivity index (χ4n) is 1.95. The molecule has 1 fully saturated rings. The van der Waals surface area contributed by atoms with Crippen molar-refractivity contribution >= 4 is 0 Å². The second-order valence-electron chi connectivity index (χ2n) is 4.92. The standard InChI is InChI=1S/C15H16FN3/c16-12-3-1-11(2-4-12)9-15-17-8-7-14(19-15)10-18-13-5-6-13/h1-4,7-8,13,18H,5-6,9-10H2. The molecule has 2 aromatic rings. The van der Waals surface area contributed by atoms with Gasteiger partial charge in [-0.3, -0.25) is 0 Å².